The molecule has 1 aliphatic carbocycles. The zero-order valence-corrected chi connectivity index (χ0v) is 29.6. The van der Waals surface area contributed by atoms with Crippen molar-refractivity contribution in [2.24, 2.45) is 4.99 Å². The molecule has 4 heterocycles. The van der Waals surface area contributed by atoms with Crippen LogP contribution in [0.25, 0.3) is 21.8 Å². The molecule has 0 amide bonds. The number of carbonyl (C=O) groups excluding carboxylic acids is 2. The van der Waals surface area contributed by atoms with Gasteiger partial charge in [0.05, 0.1) is 29.9 Å². The first-order valence-corrected chi connectivity index (χ1v) is 17.9. The van der Waals surface area contributed by atoms with Gasteiger partial charge in [0.1, 0.15) is 10.8 Å². The van der Waals surface area contributed by atoms with E-state index < -0.39 is 6.04 Å². The van der Waals surface area contributed by atoms with E-state index in [1.54, 1.807) is 23.0 Å². The maximum absolute atomic E-state index is 14.5. The van der Waals surface area contributed by atoms with Crippen LogP contribution in [0, 0.1) is 13.8 Å². The minimum Gasteiger partial charge on any atom is -0.496 e. The molecule has 5 aromatic rings. The largest absolute Gasteiger partial charge is 0.496 e. The summed E-state index contributed by atoms with van der Waals surface area (Å²) in [5, 5.41) is 2.77. The Morgan fingerprint density at radius 1 is 1.06 bits per heavy atom. The Morgan fingerprint density at radius 2 is 1.83 bits per heavy atom. The number of aryl methyl sites for hydroxylation is 2. The summed E-state index contributed by atoms with van der Waals surface area (Å²) in [5.41, 5.74) is 6.13. The molecule has 2 aliphatic rings. The van der Waals surface area contributed by atoms with Gasteiger partial charge in [0.15, 0.2) is 10.6 Å². The van der Waals surface area contributed by atoms with Gasteiger partial charge in [-0.1, -0.05) is 41.7 Å². The number of carbonyl (C=O) groups is 2. The maximum atomic E-state index is 14.5. The van der Waals surface area contributed by atoms with Gasteiger partial charge in [-0.05, 0) is 100 Å². The summed E-state index contributed by atoms with van der Waals surface area (Å²) >= 11 is 2.98. The summed E-state index contributed by atoms with van der Waals surface area (Å²) < 4.78 is 15.7. The molecule has 0 saturated heterocycles. The Morgan fingerprint density at radius 3 is 2.58 bits per heavy atom. The molecule has 0 bridgehead atoms. The van der Waals surface area contributed by atoms with Crippen LogP contribution in [0.5, 0.6) is 5.75 Å². The molecule has 0 spiro atoms. The highest BCUT2D eigenvalue weighted by atomic mass is 32.1. The summed E-state index contributed by atoms with van der Waals surface area (Å²) in [5.74, 6) is 0.168. The van der Waals surface area contributed by atoms with Crippen LogP contribution in [0.15, 0.2) is 63.5 Å². The average Bonchev–Trinajstić information content (AvgIpc) is 3.69. The van der Waals surface area contributed by atoms with Gasteiger partial charge < -0.3 is 14.0 Å². The van der Waals surface area contributed by atoms with Gasteiger partial charge in [-0.15, -0.1) is 11.3 Å². The first-order valence-electron chi connectivity index (χ1n) is 16.2. The fourth-order valence-electron chi connectivity index (χ4n) is 7.29. The number of methoxy groups -OCH3 is 1. The standard InChI is InChI=1S/C38H37N3O5S2/c1-7-46-37(44)33-27-14-10-11-15-29(27)47-36(33)40-20(2)18-25(22(40)4)19-30-35(43)41-34(31(23(5)42)21(3)39-38(41)48-30)32-26-13-9-8-12-24(26)16-17-28(32)45-6/h8-9,12-13,16-19,34H,7,10-11,14-15H2,1-6H3/b30-19-. The molecule has 0 N–H and O–H groups in total. The first kappa shape index (κ1) is 32.0. The van der Waals surface area contributed by atoms with E-state index in [2.05, 4.69) is 10.6 Å². The number of thiophene rings is 1. The smallest absolute Gasteiger partial charge is 0.341 e. The number of ketones is 1. The minimum atomic E-state index is -0.709. The van der Waals surface area contributed by atoms with Crippen molar-refractivity contribution in [1.82, 2.24) is 9.13 Å². The van der Waals surface area contributed by atoms with E-state index in [0.717, 1.165) is 69.5 Å². The van der Waals surface area contributed by atoms with Crippen LogP contribution in [0.1, 0.15) is 83.0 Å². The average molecular weight is 680 g/mol. The van der Waals surface area contributed by atoms with E-state index in [9.17, 15) is 14.4 Å². The molecular weight excluding hydrogens is 643 g/mol. The fourth-order valence-corrected chi connectivity index (χ4v) is 9.81. The number of thiazole rings is 1. The number of hydrogen-bond acceptors (Lipinski definition) is 8. The molecular formula is C38H37N3O5S2. The van der Waals surface area contributed by atoms with Crippen molar-refractivity contribution in [2.45, 2.75) is 66.3 Å². The molecule has 1 unspecified atom stereocenters. The summed E-state index contributed by atoms with van der Waals surface area (Å²) in [6, 6.07) is 13.1. The van der Waals surface area contributed by atoms with Gasteiger partial charge in [0.2, 0.25) is 0 Å². The molecule has 0 fully saturated rings. The van der Waals surface area contributed by atoms with Crippen molar-refractivity contribution < 1.29 is 19.1 Å². The Hall–Kier alpha value is -4.54. The van der Waals surface area contributed by atoms with E-state index in [4.69, 9.17) is 14.5 Å². The second-order valence-corrected chi connectivity index (χ2v) is 14.4. The van der Waals surface area contributed by atoms with E-state index in [1.807, 2.05) is 70.2 Å². The monoisotopic (exact) mass is 679 g/mol. The molecule has 1 aliphatic heterocycles. The number of nitrogens with zero attached hydrogens (tertiary/aromatic N) is 3. The third-order valence-electron chi connectivity index (χ3n) is 9.42. The second kappa shape index (κ2) is 12.5. The minimum absolute atomic E-state index is 0.148. The van der Waals surface area contributed by atoms with E-state index in [1.165, 1.54) is 23.1 Å². The fraction of sp³-hybridized carbons (Fsp3) is 0.316. The zero-order valence-electron chi connectivity index (χ0n) is 27.9. The number of rotatable bonds is 7. The van der Waals surface area contributed by atoms with Crippen molar-refractivity contribution in [2.75, 3.05) is 13.7 Å². The van der Waals surface area contributed by atoms with E-state index in [0.29, 0.717) is 38.5 Å². The summed E-state index contributed by atoms with van der Waals surface area (Å²) in [7, 11) is 1.61. The van der Waals surface area contributed by atoms with Crippen LogP contribution in [-0.2, 0) is 22.4 Å². The number of aromatic nitrogens is 2. The van der Waals surface area contributed by atoms with Gasteiger partial charge in [0.25, 0.3) is 5.56 Å². The quantitative estimate of drug-likeness (QED) is 0.183. The van der Waals surface area contributed by atoms with Crippen molar-refractivity contribution in [3.05, 3.63) is 112 Å². The highest BCUT2D eigenvalue weighted by Gasteiger charge is 2.34. The molecule has 1 atom stereocenters. The lowest BCUT2D eigenvalue weighted by Gasteiger charge is -2.27. The lowest BCUT2D eigenvalue weighted by Crippen LogP contribution is -2.39. The number of benzene rings is 2. The number of Topliss-reactive ketones (excluding diaryl/α,β-unsaturated/α-hetero) is 1. The third kappa shape index (κ3) is 5.09. The molecule has 7 rings (SSSR count). The molecule has 48 heavy (non-hydrogen) atoms. The lowest BCUT2D eigenvalue weighted by atomic mass is 9.89. The van der Waals surface area contributed by atoms with Crippen molar-refractivity contribution in [3.8, 4) is 10.8 Å². The number of hydrogen-bond donors (Lipinski definition) is 0. The Kier molecular flexibility index (Phi) is 8.33. The van der Waals surface area contributed by atoms with Crippen molar-refractivity contribution in [1.29, 1.82) is 0 Å². The van der Waals surface area contributed by atoms with Crippen LogP contribution in [-0.4, -0.2) is 34.6 Å². The van der Waals surface area contributed by atoms with Crippen LogP contribution in [0.4, 0.5) is 0 Å². The molecule has 2 aromatic carbocycles. The van der Waals surface area contributed by atoms with Crippen molar-refractivity contribution in [3.63, 3.8) is 0 Å². The summed E-state index contributed by atoms with van der Waals surface area (Å²) in [4.78, 5) is 47.6. The highest BCUT2D eigenvalue weighted by Crippen LogP contribution is 2.41. The first-order chi connectivity index (χ1) is 23.1. The topological polar surface area (TPSA) is 91.9 Å². The SMILES string of the molecule is CCOC(=O)c1c(-n2c(C)cc(/C=c3\sc4n(c3=O)C(c3c(OC)ccc5ccccc35)C(C(C)=O)=C(C)N=4)c2C)sc2c1CCCC2. The highest BCUT2D eigenvalue weighted by molar-refractivity contribution is 7.15. The van der Waals surface area contributed by atoms with Gasteiger partial charge in [-0.2, -0.15) is 0 Å². The third-order valence-corrected chi connectivity index (χ3v) is 11.7. The summed E-state index contributed by atoms with van der Waals surface area (Å²) in [6.45, 7) is 9.54. The normalized spacial score (nSPS) is 16.1. The Bertz CT molecular complexity index is 2370. The van der Waals surface area contributed by atoms with Gasteiger partial charge in [-0.25, -0.2) is 9.79 Å². The van der Waals surface area contributed by atoms with Gasteiger partial charge in [0, 0.05) is 33.1 Å². The molecule has 246 valence electrons. The number of fused-ring (bicyclic) bond motifs is 3. The van der Waals surface area contributed by atoms with Crippen molar-refractivity contribution >= 4 is 51.3 Å². The van der Waals surface area contributed by atoms with Crippen LogP contribution < -0.4 is 19.6 Å². The lowest BCUT2D eigenvalue weighted by molar-refractivity contribution is -0.114. The van der Waals surface area contributed by atoms with Gasteiger partial charge in [-0.3, -0.25) is 14.2 Å². The number of allylic oxidation sites excluding steroid dienone is 2. The number of esters is 1. The summed E-state index contributed by atoms with van der Waals surface area (Å²) in [6.07, 6.45) is 5.91. The second-order valence-electron chi connectivity index (χ2n) is 12.3. The molecule has 0 saturated carbocycles. The van der Waals surface area contributed by atoms with E-state index in [-0.39, 0.29) is 17.3 Å². The van der Waals surface area contributed by atoms with Crippen LogP contribution in [0.3, 0.4) is 0 Å². The van der Waals surface area contributed by atoms with Gasteiger partial charge >= 0.3 is 5.97 Å². The Labute approximate surface area is 286 Å². The maximum Gasteiger partial charge on any atom is 0.341 e. The predicted molar refractivity (Wildman–Crippen MR) is 191 cm³/mol. The molecule has 0 radical (unpaired) electrons. The molecule has 8 nitrogen and oxygen atoms in total. The predicted octanol–water partition coefficient (Wildman–Crippen LogP) is 6.51. The molecule has 10 heteroatoms. The Balaban J connectivity index is 1.43. The van der Waals surface area contributed by atoms with E-state index >= 15 is 0 Å². The number of ether oxygens (including phenoxy) is 2. The van der Waals surface area contributed by atoms with Crippen LogP contribution >= 0.6 is 22.7 Å². The zero-order chi connectivity index (χ0) is 33.9. The van der Waals surface area contributed by atoms with Crippen LogP contribution in [0.2, 0.25) is 0 Å². The molecule has 3 aromatic heterocycles.